The molecule has 0 bridgehead atoms. The van der Waals surface area contributed by atoms with Crippen molar-refractivity contribution in [2.45, 2.75) is 6.42 Å². The zero-order chi connectivity index (χ0) is 18.7. The van der Waals surface area contributed by atoms with Crippen LogP contribution in [-0.4, -0.2) is 38.4 Å². The van der Waals surface area contributed by atoms with Crippen LogP contribution >= 0.6 is 0 Å². The number of hydrogen-bond donors (Lipinski definition) is 1. The molecule has 0 atom stereocenters. The highest BCUT2D eigenvalue weighted by atomic mass is 16.5. The molecule has 0 saturated heterocycles. The first kappa shape index (κ1) is 17.6. The zero-order valence-electron chi connectivity index (χ0n) is 15.2. The molecular formula is C19H21N3O4. The number of methoxy groups -OCH3 is 4. The molecule has 0 fully saturated rings. The molecule has 7 heteroatoms. The van der Waals surface area contributed by atoms with Crippen LogP contribution in [0.1, 0.15) is 11.3 Å². The number of nitrogens with two attached hydrogens (primary N) is 1. The minimum atomic E-state index is 0.168. The van der Waals surface area contributed by atoms with Crippen molar-refractivity contribution in [2.75, 3.05) is 34.2 Å². The van der Waals surface area contributed by atoms with Gasteiger partial charge in [-0.25, -0.2) is 9.97 Å². The number of fused-ring (bicyclic) bond motifs is 1. The highest BCUT2D eigenvalue weighted by Crippen LogP contribution is 2.43. The lowest BCUT2D eigenvalue weighted by Crippen LogP contribution is -2.05. The maximum absolute atomic E-state index is 5.95. The first-order chi connectivity index (χ1) is 12.6. The van der Waals surface area contributed by atoms with Crippen molar-refractivity contribution in [3.63, 3.8) is 0 Å². The van der Waals surface area contributed by atoms with Crippen molar-refractivity contribution in [3.05, 3.63) is 41.6 Å². The Kier molecular flexibility index (Phi) is 4.97. The van der Waals surface area contributed by atoms with Gasteiger partial charge in [0.1, 0.15) is 11.3 Å². The fraction of sp³-hybridized carbons (Fsp3) is 0.263. The van der Waals surface area contributed by atoms with Crippen molar-refractivity contribution >= 4 is 16.9 Å². The Balaban J connectivity index is 2.21. The lowest BCUT2D eigenvalue weighted by Gasteiger charge is -2.16. The molecule has 3 rings (SSSR count). The number of benzene rings is 2. The van der Waals surface area contributed by atoms with Crippen molar-refractivity contribution in [1.82, 2.24) is 9.97 Å². The Morgan fingerprint density at radius 2 is 1.65 bits per heavy atom. The van der Waals surface area contributed by atoms with Crippen LogP contribution in [0.2, 0.25) is 0 Å². The molecular weight excluding hydrogens is 334 g/mol. The largest absolute Gasteiger partial charge is 0.497 e. The molecule has 0 aliphatic heterocycles. The van der Waals surface area contributed by atoms with Crippen molar-refractivity contribution in [2.24, 2.45) is 0 Å². The Morgan fingerprint density at radius 3 is 2.31 bits per heavy atom. The lowest BCUT2D eigenvalue weighted by molar-refractivity contribution is 0.327. The van der Waals surface area contributed by atoms with Gasteiger partial charge in [0.25, 0.3) is 0 Å². The van der Waals surface area contributed by atoms with Crippen molar-refractivity contribution in [1.29, 1.82) is 0 Å². The van der Waals surface area contributed by atoms with Crippen molar-refractivity contribution in [3.8, 4) is 23.0 Å². The Bertz CT molecular complexity index is 944. The molecule has 0 amide bonds. The van der Waals surface area contributed by atoms with Gasteiger partial charge in [0.2, 0.25) is 11.7 Å². The summed E-state index contributed by atoms with van der Waals surface area (Å²) in [6, 6.07) is 9.64. The molecule has 0 aliphatic carbocycles. The van der Waals surface area contributed by atoms with E-state index in [4.69, 9.17) is 24.7 Å². The molecule has 7 nitrogen and oxygen atoms in total. The van der Waals surface area contributed by atoms with Gasteiger partial charge in [-0.3, -0.25) is 0 Å². The van der Waals surface area contributed by atoms with E-state index in [2.05, 4.69) is 9.97 Å². The van der Waals surface area contributed by atoms with Gasteiger partial charge in [0.05, 0.1) is 34.1 Å². The van der Waals surface area contributed by atoms with Gasteiger partial charge in [0.15, 0.2) is 11.5 Å². The second-order valence-corrected chi connectivity index (χ2v) is 5.60. The second-order valence-electron chi connectivity index (χ2n) is 5.60. The molecule has 2 N–H and O–H groups in total. The van der Waals surface area contributed by atoms with Crippen LogP contribution in [0.15, 0.2) is 30.3 Å². The van der Waals surface area contributed by atoms with Crippen LogP contribution in [-0.2, 0) is 6.42 Å². The number of nitrogen functional groups attached to an aromatic ring is 1. The Labute approximate surface area is 151 Å². The maximum Gasteiger partial charge on any atom is 0.220 e. The third-order valence-corrected chi connectivity index (χ3v) is 4.10. The molecule has 136 valence electrons. The van der Waals surface area contributed by atoms with Crippen LogP contribution in [0.25, 0.3) is 10.9 Å². The molecule has 0 spiro atoms. The molecule has 0 saturated carbocycles. The maximum atomic E-state index is 5.95. The minimum Gasteiger partial charge on any atom is -0.497 e. The Morgan fingerprint density at radius 1 is 0.885 bits per heavy atom. The molecule has 2 aromatic carbocycles. The first-order valence-corrected chi connectivity index (χ1v) is 7.99. The number of ether oxygens (including phenoxy) is 4. The highest BCUT2D eigenvalue weighted by Gasteiger charge is 2.20. The van der Waals surface area contributed by atoms with E-state index in [1.807, 2.05) is 30.3 Å². The van der Waals surface area contributed by atoms with Crippen LogP contribution < -0.4 is 24.7 Å². The monoisotopic (exact) mass is 355 g/mol. The molecule has 0 radical (unpaired) electrons. The molecule has 3 aromatic rings. The predicted molar refractivity (Wildman–Crippen MR) is 99.4 cm³/mol. The van der Waals surface area contributed by atoms with E-state index in [1.54, 1.807) is 28.4 Å². The van der Waals surface area contributed by atoms with E-state index in [1.165, 1.54) is 0 Å². The summed E-state index contributed by atoms with van der Waals surface area (Å²) in [6.07, 6.45) is 0.555. The van der Waals surface area contributed by atoms with Gasteiger partial charge in [-0.05, 0) is 23.8 Å². The van der Waals surface area contributed by atoms with E-state index in [0.717, 1.165) is 22.4 Å². The number of rotatable bonds is 6. The first-order valence-electron chi connectivity index (χ1n) is 7.99. The number of nitrogens with zero attached hydrogens (tertiary/aromatic N) is 2. The van der Waals surface area contributed by atoms with Crippen LogP contribution in [0.3, 0.4) is 0 Å². The molecule has 26 heavy (non-hydrogen) atoms. The van der Waals surface area contributed by atoms with Crippen LogP contribution in [0.5, 0.6) is 23.0 Å². The van der Waals surface area contributed by atoms with Gasteiger partial charge in [-0.15, -0.1) is 0 Å². The average Bonchev–Trinajstić information content (AvgIpc) is 2.66. The minimum absolute atomic E-state index is 0.168. The normalized spacial score (nSPS) is 10.6. The van der Waals surface area contributed by atoms with Gasteiger partial charge in [0, 0.05) is 11.8 Å². The van der Waals surface area contributed by atoms with Gasteiger partial charge in [-0.2, -0.15) is 0 Å². The fourth-order valence-electron chi connectivity index (χ4n) is 2.92. The summed E-state index contributed by atoms with van der Waals surface area (Å²) >= 11 is 0. The second kappa shape index (κ2) is 7.35. The fourth-order valence-corrected chi connectivity index (χ4v) is 2.92. The van der Waals surface area contributed by atoms with E-state index in [-0.39, 0.29) is 5.95 Å². The van der Waals surface area contributed by atoms with E-state index < -0.39 is 0 Å². The lowest BCUT2D eigenvalue weighted by atomic mass is 10.0. The van der Waals surface area contributed by atoms with E-state index in [0.29, 0.717) is 29.2 Å². The van der Waals surface area contributed by atoms with E-state index >= 15 is 0 Å². The van der Waals surface area contributed by atoms with Crippen molar-refractivity contribution < 1.29 is 18.9 Å². The SMILES string of the molecule is COc1cccc(Cc2nc(N)nc3c(OC)c(OC)c(OC)cc23)c1. The van der Waals surface area contributed by atoms with Crippen LogP contribution in [0.4, 0.5) is 5.95 Å². The summed E-state index contributed by atoms with van der Waals surface area (Å²) < 4.78 is 21.7. The molecule has 0 unspecified atom stereocenters. The van der Waals surface area contributed by atoms with Gasteiger partial charge < -0.3 is 24.7 Å². The summed E-state index contributed by atoms with van der Waals surface area (Å²) in [7, 11) is 6.31. The average molecular weight is 355 g/mol. The number of anilines is 1. The third-order valence-electron chi connectivity index (χ3n) is 4.10. The summed E-state index contributed by atoms with van der Waals surface area (Å²) in [4.78, 5) is 8.78. The summed E-state index contributed by atoms with van der Waals surface area (Å²) in [5.74, 6) is 2.42. The zero-order valence-corrected chi connectivity index (χ0v) is 15.2. The molecule has 1 heterocycles. The third kappa shape index (κ3) is 3.15. The number of hydrogen-bond acceptors (Lipinski definition) is 7. The van der Waals surface area contributed by atoms with Crippen LogP contribution in [0, 0.1) is 0 Å². The smallest absolute Gasteiger partial charge is 0.220 e. The summed E-state index contributed by atoms with van der Waals surface area (Å²) in [5.41, 5.74) is 8.33. The van der Waals surface area contributed by atoms with E-state index in [9.17, 15) is 0 Å². The quantitative estimate of drug-likeness (QED) is 0.727. The van der Waals surface area contributed by atoms with Gasteiger partial charge in [-0.1, -0.05) is 12.1 Å². The Hall–Kier alpha value is -3.22. The highest BCUT2D eigenvalue weighted by molar-refractivity contribution is 5.92. The predicted octanol–water partition coefficient (Wildman–Crippen LogP) is 2.84. The summed E-state index contributed by atoms with van der Waals surface area (Å²) in [6.45, 7) is 0. The standard InChI is InChI=1S/C19H21N3O4/c1-23-12-7-5-6-11(8-12)9-14-13-10-15(24-2)17(25-3)18(26-4)16(13)22-19(20)21-14/h5-8,10H,9H2,1-4H3,(H2,20,21,22). The summed E-state index contributed by atoms with van der Waals surface area (Å²) in [5, 5.41) is 0.788. The number of aromatic nitrogens is 2. The molecule has 1 aromatic heterocycles. The topological polar surface area (TPSA) is 88.7 Å². The molecule has 0 aliphatic rings. The van der Waals surface area contributed by atoms with Gasteiger partial charge >= 0.3 is 0 Å².